The van der Waals surface area contributed by atoms with Crippen LogP contribution in [0.4, 0.5) is 0 Å². The Balaban J connectivity index is 1.87. The van der Waals surface area contributed by atoms with Gasteiger partial charge in [0, 0.05) is 17.5 Å². The SMILES string of the molecule is COc1ccc(C)cc1C(N)C1CC2CCC1O2. The molecule has 1 aromatic rings. The summed E-state index contributed by atoms with van der Waals surface area (Å²) in [7, 11) is 1.71. The normalized spacial score (nSPS) is 31.6. The minimum absolute atomic E-state index is 0.0233. The van der Waals surface area contributed by atoms with Crippen LogP contribution in [-0.4, -0.2) is 19.3 Å². The van der Waals surface area contributed by atoms with Crippen molar-refractivity contribution < 1.29 is 9.47 Å². The van der Waals surface area contributed by atoms with E-state index in [0.717, 1.165) is 24.2 Å². The molecule has 3 rings (SSSR count). The quantitative estimate of drug-likeness (QED) is 0.892. The molecular formula is C15H21NO2. The number of rotatable bonds is 3. The van der Waals surface area contributed by atoms with Crippen molar-refractivity contribution in [1.82, 2.24) is 0 Å². The van der Waals surface area contributed by atoms with Crippen LogP contribution in [0.5, 0.6) is 5.75 Å². The molecule has 3 nitrogen and oxygen atoms in total. The molecule has 1 aromatic carbocycles. The molecule has 4 atom stereocenters. The van der Waals surface area contributed by atoms with Crippen molar-refractivity contribution in [2.24, 2.45) is 11.7 Å². The Morgan fingerprint density at radius 1 is 1.39 bits per heavy atom. The van der Waals surface area contributed by atoms with Gasteiger partial charge in [0.25, 0.3) is 0 Å². The van der Waals surface area contributed by atoms with E-state index < -0.39 is 0 Å². The lowest BCUT2D eigenvalue weighted by Gasteiger charge is -2.27. The van der Waals surface area contributed by atoms with E-state index in [-0.39, 0.29) is 6.04 Å². The number of methoxy groups -OCH3 is 1. The van der Waals surface area contributed by atoms with Crippen molar-refractivity contribution in [2.75, 3.05) is 7.11 Å². The maximum atomic E-state index is 6.47. The molecule has 2 saturated heterocycles. The minimum Gasteiger partial charge on any atom is -0.496 e. The number of fused-ring (bicyclic) bond motifs is 2. The monoisotopic (exact) mass is 247 g/mol. The van der Waals surface area contributed by atoms with E-state index in [0.29, 0.717) is 18.1 Å². The summed E-state index contributed by atoms with van der Waals surface area (Å²) < 4.78 is 11.4. The van der Waals surface area contributed by atoms with Crippen molar-refractivity contribution in [3.05, 3.63) is 29.3 Å². The van der Waals surface area contributed by atoms with Crippen LogP contribution in [0.1, 0.15) is 36.4 Å². The Morgan fingerprint density at radius 3 is 2.83 bits per heavy atom. The minimum atomic E-state index is 0.0233. The third-order valence-electron chi connectivity index (χ3n) is 4.36. The molecular weight excluding hydrogens is 226 g/mol. The summed E-state index contributed by atoms with van der Waals surface area (Å²) >= 11 is 0. The van der Waals surface area contributed by atoms with Crippen LogP contribution in [-0.2, 0) is 4.74 Å². The van der Waals surface area contributed by atoms with Crippen LogP contribution >= 0.6 is 0 Å². The predicted molar refractivity (Wildman–Crippen MR) is 70.7 cm³/mol. The molecule has 2 heterocycles. The number of hydrogen-bond donors (Lipinski definition) is 1. The first-order chi connectivity index (χ1) is 8.69. The van der Waals surface area contributed by atoms with Gasteiger partial charge >= 0.3 is 0 Å². The van der Waals surface area contributed by atoms with Crippen molar-refractivity contribution >= 4 is 0 Å². The maximum Gasteiger partial charge on any atom is 0.123 e. The van der Waals surface area contributed by atoms with Crippen LogP contribution in [0, 0.1) is 12.8 Å². The van der Waals surface area contributed by atoms with Gasteiger partial charge in [-0.15, -0.1) is 0 Å². The molecule has 4 unspecified atom stereocenters. The predicted octanol–water partition coefficient (Wildman–Crippen LogP) is 2.57. The van der Waals surface area contributed by atoms with Gasteiger partial charge in [-0.2, -0.15) is 0 Å². The summed E-state index contributed by atoms with van der Waals surface area (Å²) in [5.41, 5.74) is 8.82. The largest absolute Gasteiger partial charge is 0.496 e. The van der Waals surface area contributed by atoms with Crippen LogP contribution in [0.2, 0.25) is 0 Å². The van der Waals surface area contributed by atoms with Crippen LogP contribution < -0.4 is 10.5 Å². The Kier molecular flexibility index (Phi) is 3.04. The summed E-state index contributed by atoms with van der Waals surface area (Å²) in [5.74, 6) is 1.34. The first-order valence-electron chi connectivity index (χ1n) is 6.74. The molecule has 0 aromatic heterocycles. The molecule has 2 aliphatic rings. The highest BCUT2D eigenvalue weighted by molar-refractivity contribution is 5.39. The van der Waals surface area contributed by atoms with E-state index in [1.807, 2.05) is 6.07 Å². The number of hydrogen-bond acceptors (Lipinski definition) is 3. The fourth-order valence-corrected chi connectivity index (χ4v) is 3.40. The van der Waals surface area contributed by atoms with E-state index >= 15 is 0 Å². The van der Waals surface area contributed by atoms with Gasteiger partial charge < -0.3 is 15.2 Å². The van der Waals surface area contributed by atoms with Crippen molar-refractivity contribution in [3.63, 3.8) is 0 Å². The van der Waals surface area contributed by atoms with Crippen molar-refractivity contribution in [2.45, 2.75) is 44.4 Å². The second-order valence-corrected chi connectivity index (χ2v) is 5.54. The van der Waals surface area contributed by atoms with E-state index in [4.69, 9.17) is 15.2 Å². The summed E-state index contributed by atoms with van der Waals surface area (Å²) in [6.07, 6.45) is 4.27. The van der Waals surface area contributed by atoms with Crippen molar-refractivity contribution in [1.29, 1.82) is 0 Å². The second kappa shape index (κ2) is 4.56. The smallest absolute Gasteiger partial charge is 0.123 e. The average Bonchev–Trinajstić information content (AvgIpc) is 3.00. The van der Waals surface area contributed by atoms with Crippen LogP contribution in [0.3, 0.4) is 0 Å². The number of benzene rings is 1. The van der Waals surface area contributed by atoms with Gasteiger partial charge in [0.1, 0.15) is 5.75 Å². The Labute approximate surface area is 108 Å². The van der Waals surface area contributed by atoms with E-state index in [2.05, 4.69) is 19.1 Å². The topological polar surface area (TPSA) is 44.5 Å². The number of nitrogens with two attached hydrogens (primary N) is 1. The summed E-state index contributed by atoms with van der Waals surface area (Å²) in [4.78, 5) is 0. The fourth-order valence-electron chi connectivity index (χ4n) is 3.40. The molecule has 0 aliphatic carbocycles. The molecule has 0 amide bonds. The Bertz CT molecular complexity index is 446. The lowest BCUT2D eigenvalue weighted by molar-refractivity contribution is 0.0883. The molecule has 0 radical (unpaired) electrons. The summed E-state index contributed by atoms with van der Waals surface area (Å²) in [6.45, 7) is 2.09. The number of aryl methyl sites for hydroxylation is 1. The molecule has 0 saturated carbocycles. The molecule has 2 N–H and O–H groups in total. The molecule has 2 bridgehead atoms. The Hall–Kier alpha value is -1.06. The Morgan fingerprint density at radius 2 is 2.22 bits per heavy atom. The zero-order chi connectivity index (χ0) is 12.7. The molecule has 98 valence electrons. The zero-order valence-electron chi connectivity index (χ0n) is 11.1. The highest BCUT2D eigenvalue weighted by Crippen LogP contribution is 2.45. The number of ether oxygens (including phenoxy) is 2. The van der Waals surface area contributed by atoms with Crippen molar-refractivity contribution in [3.8, 4) is 5.75 Å². The second-order valence-electron chi connectivity index (χ2n) is 5.54. The summed E-state index contributed by atoms with van der Waals surface area (Å²) in [6, 6.07) is 6.25. The maximum absolute atomic E-state index is 6.47. The first kappa shape index (κ1) is 12.0. The summed E-state index contributed by atoms with van der Waals surface area (Å²) in [5, 5.41) is 0. The standard InChI is InChI=1S/C15H21NO2/c1-9-3-5-13(17-2)11(7-9)15(16)12-8-10-4-6-14(12)18-10/h3,5,7,10,12,14-15H,4,6,8,16H2,1-2H3. The molecule has 2 aliphatic heterocycles. The molecule has 18 heavy (non-hydrogen) atoms. The van der Waals surface area contributed by atoms with Crippen LogP contribution in [0.25, 0.3) is 0 Å². The van der Waals surface area contributed by atoms with E-state index in [1.165, 1.54) is 12.0 Å². The van der Waals surface area contributed by atoms with Gasteiger partial charge in [0.15, 0.2) is 0 Å². The van der Waals surface area contributed by atoms with Gasteiger partial charge in [0.2, 0.25) is 0 Å². The third-order valence-corrected chi connectivity index (χ3v) is 4.36. The highest BCUT2D eigenvalue weighted by atomic mass is 16.5. The lowest BCUT2D eigenvalue weighted by atomic mass is 9.81. The van der Waals surface area contributed by atoms with E-state index in [1.54, 1.807) is 7.11 Å². The van der Waals surface area contributed by atoms with Gasteiger partial charge in [-0.05, 0) is 32.3 Å². The van der Waals surface area contributed by atoms with Crippen LogP contribution in [0.15, 0.2) is 18.2 Å². The molecule has 2 fully saturated rings. The first-order valence-corrected chi connectivity index (χ1v) is 6.74. The third kappa shape index (κ3) is 1.91. The highest BCUT2D eigenvalue weighted by Gasteiger charge is 2.44. The fraction of sp³-hybridized carbons (Fsp3) is 0.600. The average molecular weight is 247 g/mol. The molecule has 0 spiro atoms. The lowest BCUT2D eigenvalue weighted by Crippen LogP contribution is -2.29. The zero-order valence-corrected chi connectivity index (χ0v) is 11.1. The van der Waals surface area contributed by atoms with E-state index in [9.17, 15) is 0 Å². The van der Waals surface area contributed by atoms with Gasteiger partial charge in [0.05, 0.1) is 19.3 Å². The van der Waals surface area contributed by atoms with Gasteiger partial charge in [-0.3, -0.25) is 0 Å². The van der Waals surface area contributed by atoms with Gasteiger partial charge in [-0.1, -0.05) is 17.7 Å². The van der Waals surface area contributed by atoms with Gasteiger partial charge in [-0.25, -0.2) is 0 Å². The molecule has 3 heteroatoms.